The first-order valence-electron chi connectivity index (χ1n) is 6.34. The molecule has 1 aromatic carbocycles. The summed E-state index contributed by atoms with van der Waals surface area (Å²) in [5.41, 5.74) is 4.30. The highest BCUT2D eigenvalue weighted by Gasteiger charge is 2.16. The molecule has 1 atom stereocenters. The molecule has 0 aliphatic carbocycles. The van der Waals surface area contributed by atoms with Crippen molar-refractivity contribution in [1.29, 1.82) is 5.26 Å². The van der Waals surface area contributed by atoms with Gasteiger partial charge in [0.1, 0.15) is 0 Å². The van der Waals surface area contributed by atoms with Crippen LogP contribution in [0.15, 0.2) is 18.2 Å². The van der Waals surface area contributed by atoms with Gasteiger partial charge in [-0.15, -0.1) is 0 Å². The second-order valence-electron chi connectivity index (χ2n) is 5.92. The lowest BCUT2D eigenvalue weighted by molar-refractivity contribution is 0.586. The molecule has 0 aliphatic rings. The number of nitrogens with zero attached hydrogens (tertiary/aromatic N) is 1. The van der Waals surface area contributed by atoms with E-state index in [1.54, 1.807) is 0 Å². The fraction of sp³-hybridized carbons (Fsp3) is 0.562. The van der Waals surface area contributed by atoms with Gasteiger partial charge in [0.25, 0.3) is 0 Å². The molecule has 1 aromatic rings. The topological polar surface area (TPSA) is 23.8 Å². The maximum absolute atomic E-state index is 8.67. The quantitative estimate of drug-likeness (QED) is 0.737. The molecule has 0 N–H and O–H groups in total. The van der Waals surface area contributed by atoms with Crippen LogP contribution in [0, 0.1) is 18.3 Å². The molecule has 1 rings (SSSR count). The SMILES string of the molecule is Cc1ccc(C(C)(C)C)cc1C(C)CCC#N. The molecular weight excluding hydrogens is 206 g/mol. The minimum atomic E-state index is 0.192. The highest BCUT2D eigenvalue weighted by atomic mass is 14.2. The van der Waals surface area contributed by atoms with Crippen LogP contribution in [-0.2, 0) is 5.41 Å². The number of hydrogen-bond donors (Lipinski definition) is 0. The molecule has 0 saturated carbocycles. The van der Waals surface area contributed by atoms with Crippen LogP contribution in [0.1, 0.15) is 63.1 Å². The van der Waals surface area contributed by atoms with Gasteiger partial charge in [0.2, 0.25) is 0 Å². The van der Waals surface area contributed by atoms with Crippen molar-refractivity contribution in [2.24, 2.45) is 0 Å². The van der Waals surface area contributed by atoms with Crippen LogP contribution >= 0.6 is 0 Å². The summed E-state index contributed by atoms with van der Waals surface area (Å²) in [5.74, 6) is 0.469. The van der Waals surface area contributed by atoms with Crippen molar-refractivity contribution in [3.05, 3.63) is 34.9 Å². The van der Waals surface area contributed by atoms with Gasteiger partial charge in [-0.05, 0) is 41.4 Å². The first-order chi connectivity index (χ1) is 7.86. The Labute approximate surface area is 105 Å². The molecule has 1 nitrogen and oxygen atoms in total. The van der Waals surface area contributed by atoms with Gasteiger partial charge in [-0.1, -0.05) is 45.9 Å². The van der Waals surface area contributed by atoms with Crippen LogP contribution in [0.3, 0.4) is 0 Å². The van der Waals surface area contributed by atoms with Crippen molar-refractivity contribution in [2.45, 2.75) is 58.8 Å². The molecule has 17 heavy (non-hydrogen) atoms. The Morgan fingerprint density at radius 2 is 1.94 bits per heavy atom. The fourth-order valence-corrected chi connectivity index (χ4v) is 2.07. The molecule has 92 valence electrons. The van der Waals surface area contributed by atoms with Crippen LogP contribution < -0.4 is 0 Å². The van der Waals surface area contributed by atoms with E-state index < -0.39 is 0 Å². The summed E-state index contributed by atoms with van der Waals surface area (Å²) in [6.07, 6.45) is 1.59. The van der Waals surface area contributed by atoms with Crippen LogP contribution in [0.2, 0.25) is 0 Å². The van der Waals surface area contributed by atoms with E-state index in [4.69, 9.17) is 5.26 Å². The van der Waals surface area contributed by atoms with Gasteiger partial charge < -0.3 is 0 Å². The average Bonchev–Trinajstić information content (AvgIpc) is 2.24. The molecule has 1 heteroatoms. The summed E-state index contributed by atoms with van der Waals surface area (Å²) in [6, 6.07) is 8.97. The molecule has 0 heterocycles. The van der Waals surface area contributed by atoms with Gasteiger partial charge in [-0.3, -0.25) is 0 Å². The highest BCUT2D eigenvalue weighted by molar-refractivity contribution is 5.36. The summed E-state index contributed by atoms with van der Waals surface area (Å²) >= 11 is 0. The Morgan fingerprint density at radius 3 is 2.47 bits per heavy atom. The van der Waals surface area contributed by atoms with E-state index >= 15 is 0 Å². The summed E-state index contributed by atoms with van der Waals surface area (Å²) in [6.45, 7) is 11.1. The Balaban J connectivity index is 3.03. The monoisotopic (exact) mass is 229 g/mol. The third kappa shape index (κ3) is 3.60. The van der Waals surface area contributed by atoms with E-state index in [1.807, 2.05) is 0 Å². The molecule has 0 fully saturated rings. The van der Waals surface area contributed by atoms with Gasteiger partial charge in [0.15, 0.2) is 0 Å². The first-order valence-corrected chi connectivity index (χ1v) is 6.34. The maximum atomic E-state index is 8.67. The van der Waals surface area contributed by atoms with Crippen LogP contribution in [0.4, 0.5) is 0 Å². The molecular formula is C16H23N. The van der Waals surface area contributed by atoms with Crippen molar-refractivity contribution >= 4 is 0 Å². The minimum Gasteiger partial charge on any atom is -0.198 e. The third-order valence-corrected chi connectivity index (χ3v) is 3.37. The third-order valence-electron chi connectivity index (χ3n) is 3.37. The Morgan fingerprint density at radius 1 is 1.29 bits per heavy atom. The largest absolute Gasteiger partial charge is 0.198 e. The predicted octanol–water partition coefficient (Wildman–Crippen LogP) is 4.70. The predicted molar refractivity (Wildman–Crippen MR) is 73.1 cm³/mol. The number of hydrogen-bond acceptors (Lipinski definition) is 1. The average molecular weight is 229 g/mol. The van der Waals surface area contributed by atoms with Crippen LogP contribution in [-0.4, -0.2) is 0 Å². The van der Waals surface area contributed by atoms with E-state index in [-0.39, 0.29) is 5.41 Å². The van der Waals surface area contributed by atoms with Crippen molar-refractivity contribution in [2.75, 3.05) is 0 Å². The second kappa shape index (κ2) is 5.36. The Kier molecular flexibility index (Phi) is 4.34. The van der Waals surface area contributed by atoms with Crippen molar-refractivity contribution in [3.8, 4) is 6.07 Å². The molecule has 0 spiro atoms. The molecule has 0 saturated heterocycles. The lowest BCUT2D eigenvalue weighted by Gasteiger charge is -2.22. The molecule has 0 bridgehead atoms. The first kappa shape index (κ1) is 13.8. The summed E-state index contributed by atoms with van der Waals surface area (Å²) in [7, 11) is 0. The normalized spacial score (nSPS) is 13.2. The van der Waals surface area contributed by atoms with E-state index in [0.717, 1.165) is 6.42 Å². The Bertz CT molecular complexity index is 418. The standard InChI is InChI=1S/C16H23N/c1-12(7-6-10-17)15-11-14(16(3,4)5)9-8-13(15)2/h8-9,11-12H,6-7H2,1-5H3. The lowest BCUT2D eigenvalue weighted by atomic mass is 9.82. The molecule has 0 aliphatic heterocycles. The van der Waals surface area contributed by atoms with Gasteiger partial charge >= 0.3 is 0 Å². The van der Waals surface area contributed by atoms with E-state index in [2.05, 4.69) is 58.9 Å². The van der Waals surface area contributed by atoms with Gasteiger partial charge in [0.05, 0.1) is 6.07 Å². The zero-order chi connectivity index (χ0) is 13.1. The van der Waals surface area contributed by atoms with Gasteiger partial charge in [-0.2, -0.15) is 5.26 Å². The summed E-state index contributed by atoms with van der Waals surface area (Å²) < 4.78 is 0. The minimum absolute atomic E-state index is 0.192. The number of benzene rings is 1. The number of aryl methyl sites for hydroxylation is 1. The fourth-order valence-electron chi connectivity index (χ4n) is 2.07. The number of nitriles is 1. The zero-order valence-electron chi connectivity index (χ0n) is 11.7. The van der Waals surface area contributed by atoms with Gasteiger partial charge in [-0.25, -0.2) is 0 Å². The van der Waals surface area contributed by atoms with E-state index in [0.29, 0.717) is 12.3 Å². The van der Waals surface area contributed by atoms with Crippen LogP contribution in [0.5, 0.6) is 0 Å². The molecule has 0 aromatic heterocycles. The molecule has 1 unspecified atom stereocenters. The Hall–Kier alpha value is -1.29. The van der Waals surface area contributed by atoms with Gasteiger partial charge in [0, 0.05) is 6.42 Å². The van der Waals surface area contributed by atoms with E-state index in [9.17, 15) is 0 Å². The molecule has 0 amide bonds. The van der Waals surface area contributed by atoms with Crippen molar-refractivity contribution in [3.63, 3.8) is 0 Å². The summed E-state index contributed by atoms with van der Waals surface area (Å²) in [5, 5.41) is 8.67. The van der Waals surface area contributed by atoms with Crippen molar-refractivity contribution in [1.82, 2.24) is 0 Å². The second-order valence-corrected chi connectivity index (χ2v) is 5.92. The highest BCUT2D eigenvalue weighted by Crippen LogP contribution is 2.29. The number of rotatable bonds is 3. The lowest BCUT2D eigenvalue weighted by Crippen LogP contribution is -2.12. The van der Waals surface area contributed by atoms with Crippen LogP contribution in [0.25, 0.3) is 0 Å². The molecule has 0 radical (unpaired) electrons. The maximum Gasteiger partial charge on any atom is 0.0621 e. The smallest absolute Gasteiger partial charge is 0.0621 e. The summed E-state index contributed by atoms with van der Waals surface area (Å²) in [4.78, 5) is 0. The van der Waals surface area contributed by atoms with E-state index in [1.165, 1.54) is 16.7 Å². The van der Waals surface area contributed by atoms with Crippen molar-refractivity contribution < 1.29 is 0 Å². The zero-order valence-corrected chi connectivity index (χ0v) is 11.7.